The summed E-state index contributed by atoms with van der Waals surface area (Å²) in [6.45, 7) is 0.788. The van der Waals surface area contributed by atoms with Crippen LogP contribution in [0.25, 0.3) is 0 Å². The van der Waals surface area contributed by atoms with Gasteiger partial charge in [0.05, 0.1) is 0 Å². The van der Waals surface area contributed by atoms with Crippen LogP contribution in [0.2, 0.25) is 0 Å². The van der Waals surface area contributed by atoms with Gasteiger partial charge in [-0.3, -0.25) is 0 Å². The van der Waals surface area contributed by atoms with Gasteiger partial charge in [-0.25, -0.2) is 0 Å². The summed E-state index contributed by atoms with van der Waals surface area (Å²) >= 11 is 0. The topological polar surface area (TPSA) is 26.0 Å². The molecule has 2 aliphatic rings. The highest BCUT2D eigenvalue weighted by atomic mass is 14.5. The van der Waals surface area contributed by atoms with Crippen LogP contribution >= 0.6 is 0 Å². The SMILES string of the molecule is NCCc1ccc2c3c1CCCC3CCC2. The molecular weight excluding hydrogens is 194 g/mol. The number of rotatable bonds is 2. The van der Waals surface area contributed by atoms with Crippen LogP contribution in [0.15, 0.2) is 12.1 Å². The molecule has 0 aliphatic heterocycles. The van der Waals surface area contributed by atoms with Gasteiger partial charge in [0.25, 0.3) is 0 Å². The second-order valence-corrected chi connectivity index (χ2v) is 5.30. The Bertz CT molecular complexity index is 393. The van der Waals surface area contributed by atoms with Crippen molar-refractivity contribution in [3.05, 3.63) is 34.4 Å². The maximum absolute atomic E-state index is 5.71. The van der Waals surface area contributed by atoms with Crippen molar-refractivity contribution in [2.24, 2.45) is 5.73 Å². The normalized spacial score (nSPS) is 22.9. The number of hydrogen-bond acceptors (Lipinski definition) is 1. The molecule has 0 spiro atoms. The van der Waals surface area contributed by atoms with Crippen molar-refractivity contribution in [1.82, 2.24) is 0 Å². The van der Waals surface area contributed by atoms with Crippen LogP contribution < -0.4 is 5.73 Å². The van der Waals surface area contributed by atoms with Crippen molar-refractivity contribution in [3.63, 3.8) is 0 Å². The Morgan fingerprint density at radius 1 is 1.12 bits per heavy atom. The highest BCUT2D eigenvalue weighted by Gasteiger charge is 2.27. The molecule has 3 rings (SSSR count). The molecular formula is C15H21N. The number of benzene rings is 1. The predicted octanol–water partition coefficient (Wildman–Crippen LogP) is 2.94. The molecule has 16 heavy (non-hydrogen) atoms. The van der Waals surface area contributed by atoms with E-state index in [-0.39, 0.29) is 0 Å². The van der Waals surface area contributed by atoms with E-state index >= 15 is 0 Å². The molecule has 0 saturated carbocycles. The Labute approximate surface area is 98.0 Å². The first kappa shape index (κ1) is 10.3. The molecule has 1 aromatic rings. The number of aryl methyl sites for hydroxylation is 1. The fourth-order valence-corrected chi connectivity index (χ4v) is 3.67. The van der Waals surface area contributed by atoms with Crippen LogP contribution in [0.1, 0.15) is 53.9 Å². The summed E-state index contributed by atoms with van der Waals surface area (Å²) in [5.74, 6) is 0.880. The second kappa shape index (κ2) is 4.21. The first-order valence-electron chi connectivity index (χ1n) is 6.73. The quantitative estimate of drug-likeness (QED) is 0.806. The lowest BCUT2D eigenvalue weighted by Gasteiger charge is -2.33. The van der Waals surface area contributed by atoms with Gasteiger partial charge in [-0.05, 0) is 79.7 Å². The fraction of sp³-hybridized carbons (Fsp3) is 0.600. The zero-order chi connectivity index (χ0) is 11.0. The Morgan fingerprint density at radius 3 is 2.75 bits per heavy atom. The number of hydrogen-bond donors (Lipinski definition) is 1. The molecule has 2 N–H and O–H groups in total. The lowest BCUT2D eigenvalue weighted by molar-refractivity contribution is 0.474. The molecule has 1 heteroatoms. The van der Waals surface area contributed by atoms with Crippen LogP contribution in [-0.4, -0.2) is 6.54 Å². The van der Waals surface area contributed by atoms with Gasteiger partial charge in [0.2, 0.25) is 0 Å². The van der Waals surface area contributed by atoms with Gasteiger partial charge in [0, 0.05) is 0 Å². The van der Waals surface area contributed by atoms with Gasteiger partial charge < -0.3 is 5.73 Å². The minimum Gasteiger partial charge on any atom is -0.330 e. The number of nitrogens with two attached hydrogens (primary N) is 1. The summed E-state index contributed by atoms with van der Waals surface area (Å²) in [5.41, 5.74) is 12.3. The van der Waals surface area contributed by atoms with Gasteiger partial charge in [-0.1, -0.05) is 12.1 Å². The summed E-state index contributed by atoms with van der Waals surface area (Å²) < 4.78 is 0. The Hall–Kier alpha value is -0.820. The van der Waals surface area contributed by atoms with Crippen LogP contribution in [0.4, 0.5) is 0 Å². The van der Waals surface area contributed by atoms with Crippen LogP contribution in [0, 0.1) is 0 Å². The van der Waals surface area contributed by atoms with E-state index in [1.165, 1.54) is 44.1 Å². The molecule has 0 radical (unpaired) electrons. The molecule has 1 unspecified atom stereocenters. The van der Waals surface area contributed by atoms with Crippen molar-refractivity contribution in [2.75, 3.05) is 6.54 Å². The Kier molecular flexibility index (Phi) is 2.72. The summed E-state index contributed by atoms with van der Waals surface area (Å²) in [4.78, 5) is 0. The van der Waals surface area contributed by atoms with Crippen LogP contribution in [0.5, 0.6) is 0 Å². The van der Waals surface area contributed by atoms with E-state index in [9.17, 15) is 0 Å². The molecule has 0 fully saturated rings. The van der Waals surface area contributed by atoms with E-state index in [0.29, 0.717) is 0 Å². The van der Waals surface area contributed by atoms with Crippen LogP contribution in [-0.2, 0) is 19.3 Å². The zero-order valence-corrected chi connectivity index (χ0v) is 9.97. The molecule has 1 nitrogen and oxygen atoms in total. The van der Waals surface area contributed by atoms with E-state index in [0.717, 1.165) is 18.9 Å². The maximum atomic E-state index is 5.71. The molecule has 2 aliphatic carbocycles. The van der Waals surface area contributed by atoms with Gasteiger partial charge >= 0.3 is 0 Å². The van der Waals surface area contributed by atoms with E-state index in [2.05, 4.69) is 12.1 Å². The predicted molar refractivity (Wildman–Crippen MR) is 67.8 cm³/mol. The lowest BCUT2D eigenvalue weighted by Crippen LogP contribution is -2.19. The Morgan fingerprint density at radius 2 is 1.94 bits per heavy atom. The largest absolute Gasteiger partial charge is 0.330 e. The first-order valence-corrected chi connectivity index (χ1v) is 6.73. The van der Waals surface area contributed by atoms with Crippen molar-refractivity contribution in [2.45, 2.75) is 50.9 Å². The average Bonchev–Trinajstić information content (AvgIpc) is 2.33. The van der Waals surface area contributed by atoms with Crippen molar-refractivity contribution in [3.8, 4) is 0 Å². The summed E-state index contributed by atoms with van der Waals surface area (Å²) in [6.07, 6.45) is 9.30. The highest BCUT2D eigenvalue weighted by Crippen LogP contribution is 2.42. The average molecular weight is 215 g/mol. The zero-order valence-electron chi connectivity index (χ0n) is 9.97. The third-order valence-electron chi connectivity index (χ3n) is 4.34. The van der Waals surface area contributed by atoms with Gasteiger partial charge in [0.15, 0.2) is 0 Å². The molecule has 0 heterocycles. The summed E-state index contributed by atoms with van der Waals surface area (Å²) in [6, 6.07) is 4.72. The monoisotopic (exact) mass is 215 g/mol. The molecule has 0 bridgehead atoms. The van der Waals surface area contributed by atoms with Gasteiger partial charge in [0.1, 0.15) is 0 Å². The summed E-state index contributed by atoms with van der Waals surface area (Å²) in [5, 5.41) is 0. The van der Waals surface area contributed by atoms with E-state index in [4.69, 9.17) is 5.73 Å². The third-order valence-corrected chi connectivity index (χ3v) is 4.34. The summed E-state index contributed by atoms with van der Waals surface area (Å²) in [7, 11) is 0. The molecule has 1 aromatic carbocycles. The second-order valence-electron chi connectivity index (χ2n) is 5.30. The van der Waals surface area contributed by atoms with Crippen LogP contribution in [0.3, 0.4) is 0 Å². The van der Waals surface area contributed by atoms with E-state index in [1.807, 2.05) is 0 Å². The fourth-order valence-electron chi connectivity index (χ4n) is 3.67. The standard InChI is InChI=1S/C15H21N/c16-10-9-11-7-8-13-4-1-3-12-5-2-6-14(11)15(12)13/h7-8,12H,1-6,9-10,16H2. The maximum Gasteiger partial charge on any atom is -0.00366 e. The molecule has 86 valence electrons. The molecule has 0 saturated heterocycles. The molecule has 0 amide bonds. The minimum absolute atomic E-state index is 0.788. The van der Waals surface area contributed by atoms with Gasteiger partial charge in [-0.2, -0.15) is 0 Å². The van der Waals surface area contributed by atoms with E-state index in [1.54, 1.807) is 16.7 Å². The van der Waals surface area contributed by atoms with Crippen molar-refractivity contribution in [1.29, 1.82) is 0 Å². The highest BCUT2D eigenvalue weighted by molar-refractivity contribution is 5.46. The minimum atomic E-state index is 0.788. The Balaban J connectivity index is 2.10. The van der Waals surface area contributed by atoms with E-state index < -0.39 is 0 Å². The lowest BCUT2D eigenvalue weighted by atomic mass is 9.72. The van der Waals surface area contributed by atoms with Gasteiger partial charge in [-0.15, -0.1) is 0 Å². The molecule has 0 aromatic heterocycles. The molecule has 1 atom stereocenters. The van der Waals surface area contributed by atoms with Crippen molar-refractivity contribution < 1.29 is 0 Å². The first-order chi connectivity index (χ1) is 7.90. The smallest absolute Gasteiger partial charge is 0.00366 e. The third kappa shape index (κ3) is 1.58. The van der Waals surface area contributed by atoms with Crippen molar-refractivity contribution >= 4 is 0 Å².